The molecule has 6 heteroatoms. The molecule has 1 aromatic heterocycles. The van der Waals surface area contributed by atoms with E-state index in [2.05, 4.69) is 4.72 Å². The van der Waals surface area contributed by atoms with Crippen molar-refractivity contribution < 1.29 is 17.6 Å². The van der Waals surface area contributed by atoms with Crippen molar-refractivity contribution in [3.05, 3.63) is 42.2 Å². The van der Waals surface area contributed by atoms with Gasteiger partial charge in [0.1, 0.15) is 5.76 Å². The molecular weight excluding hydrogens is 278 g/mol. The Kier molecular flexibility index (Phi) is 4.06. The molecule has 2 rings (SSSR count). The van der Waals surface area contributed by atoms with Crippen molar-refractivity contribution in [2.45, 2.75) is 24.8 Å². The van der Waals surface area contributed by atoms with Crippen LogP contribution in [0.15, 0.2) is 45.7 Å². The Labute approximate surface area is 117 Å². The van der Waals surface area contributed by atoms with E-state index < -0.39 is 10.0 Å². The quantitative estimate of drug-likeness (QED) is 0.859. The number of rotatable bonds is 5. The highest BCUT2D eigenvalue weighted by Gasteiger charge is 2.16. The molecule has 0 atom stereocenters. The van der Waals surface area contributed by atoms with Crippen molar-refractivity contribution in [1.29, 1.82) is 0 Å². The predicted octanol–water partition coefficient (Wildman–Crippen LogP) is 2.45. The van der Waals surface area contributed by atoms with Crippen LogP contribution in [0.4, 0.5) is 0 Å². The summed E-state index contributed by atoms with van der Waals surface area (Å²) in [4.78, 5) is 10.8. The van der Waals surface area contributed by atoms with Crippen LogP contribution in [0, 0.1) is 0 Å². The van der Waals surface area contributed by atoms with E-state index in [-0.39, 0.29) is 16.7 Å². The first-order chi connectivity index (χ1) is 9.42. The average Bonchev–Trinajstić information content (AvgIpc) is 2.86. The molecule has 106 valence electrons. The highest BCUT2D eigenvalue weighted by atomic mass is 32.2. The molecule has 0 aliphatic carbocycles. The maximum absolute atomic E-state index is 12.1. The summed E-state index contributed by atoms with van der Waals surface area (Å²) in [6.07, 6.45) is 0.602. The van der Waals surface area contributed by atoms with Crippen molar-refractivity contribution >= 4 is 16.3 Å². The molecule has 1 aromatic carbocycles. The molecule has 0 saturated heterocycles. The van der Waals surface area contributed by atoms with Crippen molar-refractivity contribution in [3.8, 4) is 11.3 Å². The first-order valence-electron chi connectivity index (χ1n) is 6.10. The van der Waals surface area contributed by atoms with Crippen LogP contribution in [0.2, 0.25) is 0 Å². The molecule has 0 aliphatic heterocycles. The Morgan fingerprint density at radius 1 is 1.20 bits per heavy atom. The SMILES string of the molecule is CC(C)NS(=O)(=O)c1cccc(-c2ccc(C=O)o2)c1. The van der Waals surface area contributed by atoms with E-state index in [1.54, 1.807) is 32.0 Å². The largest absolute Gasteiger partial charge is 0.453 e. The lowest BCUT2D eigenvalue weighted by atomic mass is 10.2. The third-order valence-electron chi connectivity index (χ3n) is 2.56. The Hall–Kier alpha value is -1.92. The Morgan fingerprint density at radius 3 is 2.55 bits per heavy atom. The van der Waals surface area contributed by atoms with Crippen LogP contribution in [-0.4, -0.2) is 20.7 Å². The molecule has 0 bridgehead atoms. The molecule has 1 N–H and O–H groups in total. The second kappa shape index (κ2) is 5.60. The molecule has 0 aliphatic rings. The molecule has 0 unspecified atom stereocenters. The molecular formula is C14H15NO4S. The summed E-state index contributed by atoms with van der Waals surface area (Å²) in [6.45, 7) is 3.51. The standard InChI is InChI=1S/C14H15NO4S/c1-10(2)15-20(17,18)13-5-3-4-11(8-13)14-7-6-12(9-16)19-14/h3-10,15H,1-2H3. The summed E-state index contributed by atoms with van der Waals surface area (Å²) in [6, 6.07) is 9.36. The van der Waals surface area contributed by atoms with E-state index in [1.165, 1.54) is 18.2 Å². The third kappa shape index (κ3) is 3.15. The topological polar surface area (TPSA) is 76.4 Å². The molecule has 0 saturated carbocycles. The van der Waals surface area contributed by atoms with Crippen molar-refractivity contribution in [1.82, 2.24) is 4.72 Å². The van der Waals surface area contributed by atoms with Gasteiger partial charge in [0.15, 0.2) is 12.0 Å². The number of benzene rings is 1. The van der Waals surface area contributed by atoms with Gasteiger partial charge in [-0.3, -0.25) is 4.79 Å². The van der Waals surface area contributed by atoms with Gasteiger partial charge in [0.25, 0.3) is 0 Å². The number of aldehydes is 1. The van der Waals surface area contributed by atoms with Gasteiger partial charge in [-0.25, -0.2) is 13.1 Å². The summed E-state index contributed by atoms with van der Waals surface area (Å²) in [7, 11) is -3.55. The number of carbonyl (C=O) groups is 1. The Bertz CT molecular complexity index is 716. The van der Waals surface area contributed by atoms with Gasteiger partial charge in [-0.05, 0) is 38.1 Å². The second-order valence-corrected chi connectivity index (χ2v) is 6.34. The fraction of sp³-hybridized carbons (Fsp3) is 0.214. The van der Waals surface area contributed by atoms with Crippen LogP contribution in [0.5, 0.6) is 0 Å². The molecule has 5 nitrogen and oxygen atoms in total. The number of hydrogen-bond acceptors (Lipinski definition) is 4. The lowest BCUT2D eigenvalue weighted by Gasteiger charge is -2.10. The van der Waals surface area contributed by atoms with Gasteiger partial charge in [0, 0.05) is 11.6 Å². The van der Waals surface area contributed by atoms with Gasteiger partial charge in [-0.2, -0.15) is 0 Å². The van der Waals surface area contributed by atoms with Crippen molar-refractivity contribution in [2.75, 3.05) is 0 Å². The minimum absolute atomic E-state index is 0.160. The number of furan rings is 1. The Balaban J connectivity index is 2.40. The number of hydrogen-bond donors (Lipinski definition) is 1. The zero-order valence-corrected chi connectivity index (χ0v) is 12.0. The Morgan fingerprint density at radius 2 is 1.95 bits per heavy atom. The molecule has 0 spiro atoms. The van der Waals surface area contributed by atoms with Crippen LogP contribution >= 0.6 is 0 Å². The minimum Gasteiger partial charge on any atom is -0.453 e. The van der Waals surface area contributed by atoms with Gasteiger partial charge in [0.05, 0.1) is 4.90 Å². The minimum atomic E-state index is -3.55. The van der Waals surface area contributed by atoms with Gasteiger partial charge >= 0.3 is 0 Å². The number of nitrogens with one attached hydrogen (secondary N) is 1. The van der Waals surface area contributed by atoms with Crippen LogP contribution < -0.4 is 4.72 Å². The lowest BCUT2D eigenvalue weighted by Crippen LogP contribution is -2.30. The molecule has 0 amide bonds. The molecule has 1 heterocycles. The average molecular weight is 293 g/mol. The molecule has 20 heavy (non-hydrogen) atoms. The van der Waals surface area contributed by atoms with E-state index in [4.69, 9.17) is 4.42 Å². The van der Waals surface area contributed by atoms with E-state index in [1.807, 2.05) is 0 Å². The van der Waals surface area contributed by atoms with Gasteiger partial charge in [0.2, 0.25) is 10.0 Å². The summed E-state index contributed by atoms with van der Waals surface area (Å²) < 4.78 is 32.0. The highest BCUT2D eigenvalue weighted by Crippen LogP contribution is 2.24. The lowest BCUT2D eigenvalue weighted by molar-refractivity contribution is 0.110. The second-order valence-electron chi connectivity index (χ2n) is 4.62. The number of sulfonamides is 1. The number of carbonyl (C=O) groups excluding carboxylic acids is 1. The molecule has 0 radical (unpaired) electrons. The van der Waals surface area contributed by atoms with Crippen LogP contribution in [0.25, 0.3) is 11.3 Å². The summed E-state index contributed by atoms with van der Waals surface area (Å²) in [5, 5.41) is 0. The summed E-state index contributed by atoms with van der Waals surface area (Å²) in [5.74, 6) is 0.655. The fourth-order valence-electron chi connectivity index (χ4n) is 1.77. The molecule has 0 fully saturated rings. The van der Waals surface area contributed by atoms with Crippen molar-refractivity contribution in [3.63, 3.8) is 0 Å². The zero-order valence-electron chi connectivity index (χ0n) is 11.2. The summed E-state index contributed by atoms with van der Waals surface area (Å²) >= 11 is 0. The zero-order chi connectivity index (χ0) is 14.8. The highest BCUT2D eigenvalue weighted by molar-refractivity contribution is 7.89. The maximum atomic E-state index is 12.1. The monoisotopic (exact) mass is 293 g/mol. The van der Waals surface area contributed by atoms with Crippen LogP contribution in [0.1, 0.15) is 24.4 Å². The maximum Gasteiger partial charge on any atom is 0.240 e. The van der Waals surface area contributed by atoms with Gasteiger partial charge in [-0.1, -0.05) is 12.1 Å². The first kappa shape index (κ1) is 14.5. The third-order valence-corrected chi connectivity index (χ3v) is 4.22. The summed E-state index contributed by atoms with van der Waals surface area (Å²) in [5.41, 5.74) is 0.602. The van der Waals surface area contributed by atoms with Gasteiger partial charge < -0.3 is 4.42 Å². The van der Waals surface area contributed by atoms with E-state index >= 15 is 0 Å². The predicted molar refractivity (Wildman–Crippen MR) is 75.0 cm³/mol. The van der Waals surface area contributed by atoms with E-state index in [0.29, 0.717) is 17.6 Å². The van der Waals surface area contributed by atoms with Crippen LogP contribution in [0.3, 0.4) is 0 Å². The van der Waals surface area contributed by atoms with E-state index in [9.17, 15) is 13.2 Å². The smallest absolute Gasteiger partial charge is 0.240 e. The first-order valence-corrected chi connectivity index (χ1v) is 7.58. The fourth-order valence-corrected chi connectivity index (χ4v) is 3.06. The van der Waals surface area contributed by atoms with Gasteiger partial charge in [-0.15, -0.1) is 0 Å². The van der Waals surface area contributed by atoms with Crippen molar-refractivity contribution in [2.24, 2.45) is 0 Å². The van der Waals surface area contributed by atoms with Crippen LogP contribution in [-0.2, 0) is 10.0 Å². The normalized spacial score (nSPS) is 11.8. The molecule has 2 aromatic rings. The van der Waals surface area contributed by atoms with E-state index in [0.717, 1.165) is 0 Å².